The van der Waals surface area contributed by atoms with Crippen molar-refractivity contribution < 1.29 is 9.53 Å². The second-order valence-electron chi connectivity index (χ2n) is 3.45. The Labute approximate surface area is 81.6 Å². The quantitative estimate of drug-likeness (QED) is 0.376. The third kappa shape index (κ3) is 6.17. The van der Waals surface area contributed by atoms with Crippen molar-refractivity contribution in [1.29, 1.82) is 0 Å². The first-order valence-corrected chi connectivity index (χ1v) is 7.57. The lowest BCUT2D eigenvalue weighted by Gasteiger charge is -2.22. The second kappa shape index (κ2) is 7.46. The lowest BCUT2D eigenvalue weighted by molar-refractivity contribution is 0.300. The molecular weight excluding hydrogens is 184 g/mol. The van der Waals surface area contributed by atoms with Gasteiger partial charge >= 0.3 is 0 Å². The second-order valence-corrected chi connectivity index (χ2v) is 7.58. The Kier molecular flexibility index (Phi) is 7.49. The van der Waals surface area contributed by atoms with E-state index in [-0.39, 0.29) is 6.23 Å². The van der Waals surface area contributed by atoms with Crippen molar-refractivity contribution in [2.75, 3.05) is 33.0 Å². The van der Waals surface area contributed by atoms with Gasteiger partial charge in [0.25, 0.3) is 0 Å². The monoisotopic (exact) mass is 206 g/mol. The molecule has 1 atom stereocenters. The van der Waals surface area contributed by atoms with Gasteiger partial charge in [0, 0.05) is 20.2 Å². The van der Waals surface area contributed by atoms with Gasteiger partial charge < -0.3 is 20.6 Å². The van der Waals surface area contributed by atoms with Gasteiger partial charge in [0.2, 0.25) is 8.32 Å². The van der Waals surface area contributed by atoms with E-state index in [1.165, 1.54) is 0 Å². The van der Waals surface area contributed by atoms with Gasteiger partial charge in [0.05, 0.1) is 6.23 Å². The third-order valence-electron chi connectivity index (χ3n) is 2.21. The SMILES string of the molecule is CO[Si](C)(CO)CCCNCCN. The van der Waals surface area contributed by atoms with Crippen molar-refractivity contribution >= 4 is 8.32 Å². The summed E-state index contributed by atoms with van der Waals surface area (Å²) in [5, 5.41) is 12.3. The molecule has 13 heavy (non-hydrogen) atoms. The number of hydrogen-bond donors (Lipinski definition) is 3. The summed E-state index contributed by atoms with van der Waals surface area (Å²) >= 11 is 0. The average molecular weight is 206 g/mol. The molecular formula is C8H22N2O2Si. The number of nitrogens with one attached hydrogen (secondary N) is 1. The van der Waals surface area contributed by atoms with Crippen LogP contribution < -0.4 is 11.1 Å². The molecule has 0 saturated carbocycles. The van der Waals surface area contributed by atoms with E-state index in [9.17, 15) is 0 Å². The lowest BCUT2D eigenvalue weighted by atomic mass is 10.5. The first kappa shape index (κ1) is 13.1. The number of rotatable bonds is 8. The molecule has 0 aromatic rings. The Morgan fingerprint density at radius 1 is 1.46 bits per heavy atom. The van der Waals surface area contributed by atoms with E-state index in [0.717, 1.165) is 25.6 Å². The van der Waals surface area contributed by atoms with Crippen molar-refractivity contribution in [2.24, 2.45) is 5.73 Å². The van der Waals surface area contributed by atoms with Crippen molar-refractivity contribution in [3.8, 4) is 0 Å². The predicted octanol–water partition coefficient (Wildman–Crippen LogP) is -0.322. The van der Waals surface area contributed by atoms with Crippen LogP contribution in [-0.4, -0.2) is 46.4 Å². The van der Waals surface area contributed by atoms with Crippen molar-refractivity contribution in [3.63, 3.8) is 0 Å². The summed E-state index contributed by atoms with van der Waals surface area (Å²) < 4.78 is 5.33. The molecule has 0 amide bonds. The van der Waals surface area contributed by atoms with Gasteiger partial charge in [-0.25, -0.2) is 0 Å². The molecule has 0 rings (SSSR count). The summed E-state index contributed by atoms with van der Waals surface area (Å²) in [6.45, 7) is 4.56. The van der Waals surface area contributed by atoms with Gasteiger partial charge in [0.1, 0.15) is 0 Å². The fourth-order valence-electron chi connectivity index (χ4n) is 1.06. The van der Waals surface area contributed by atoms with Crippen LogP contribution in [0.15, 0.2) is 0 Å². The molecule has 0 aliphatic heterocycles. The van der Waals surface area contributed by atoms with Gasteiger partial charge in [-0.3, -0.25) is 0 Å². The highest BCUT2D eigenvalue weighted by Gasteiger charge is 2.25. The van der Waals surface area contributed by atoms with Crippen LogP contribution in [0.3, 0.4) is 0 Å². The van der Waals surface area contributed by atoms with E-state index >= 15 is 0 Å². The zero-order chi connectivity index (χ0) is 10.2. The summed E-state index contributed by atoms with van der Waals surface area (Å²) in [7, 11) is -0.0830. The van der Waals surface area contributed by atoms with Crippen LogP contribution >= 0.6 is 0 Å². The van der Waals surface area contributed by atoms with E-state index in [1.54, 1.807) is 7.11 Å². The molecule has 80 valence electrons. The largest absolute Gasteiger partial charge is 0.418 e. The summed E-state index contributed by atoms with van der Waals surface area (Å²) in [6.07, 6.45) is 1.26. The number of nitrogens with two attached hydrogens (primary N) is 1. The van der Waals surface area contributed by atoms with Crippen molar-refractivity contribution in [3.05, 3.63) is 0 Å². The van der Waals surface area contributed by atoms with Crippen molar-refractivity contribution in [2.45, 2.75) is 19.0 Å². The van der Waals surface area contributed by atoms with Gasteiger partial charge in [-0.05, 0) is 25.6 Å². The molecule has 0 aromatic carbocycles. The van der Waals surface area contributed by atoms with E-state index < -0.39 is 8.32 Å². The molecule has 0 aliphatic rings. The molecule has 0 radical (unpaired) electrons. The van der Waals surface area contributed by atoms with Crippen molar-refractivity contribution in [1.82, 2.24) is 5.32 Å². The summed E-state index contributed by atoms with van der Waals surface area (Å²) in [4.78, 5) is 0. The number of aliphatic hydroxyl groups excluding tert-OH is 1. The standard InChI is InChI=1S/C8H22N2O2Si/c1-12-13(2,8-11)7-3-5-10-6-4-9/h10-11H,3-9H2,1-2H3. The third-order valence-corrected chi connectivity index (χ3v) is 5.27. The molecule has 4 nitrogen and oxygen atoms in total. The highest BCUT2D eigenvalue weighted by atomic mass is 28.4. The van der Waals surface area contributed by atoms with Crippen LogP contribution in [0.2, 0.25) is 12.6 Å². The van der Waals surface area contributed by atoms with E-state index in [2.05, 4.69) is 11.9 Å². The van der Waals surface area contributed by atoms with Crippen LogP contribution in [0.25, 0.3) is 0 Å². The smallest absolute Gasteiger partial charge is 0.214 e. The normalized spacial score (nSPS) is 15.7. The van der Waals surface area contributed by atoms with Crippen LogP contribution in [-0.2, 0) is 4.43 Å². The highest BCUT2D eigenvalue weighted by molar-refractivity contribution is 6.72. The number of aliphatic hydroxyl groups is 1. The molecule has 0 aromatic heterocycles. The van der Waals surface area contributed by atoms with E-state index in [4.69, 9.17) is 15.3 Å². The van der Waals surface area contributed by atoms with Gasteiger partial charge in [0.15, 0.2) is 0 Å². The highest BCUT2D eigenvalue weighted by Crippen LogP contribution is 2.11. The Morgan fingerprint density at radius 2 is 2.15 bits per heavy atom. The van der Waals surface area contributed by atoms with Crippen LogP contribution in [0.4, 0.5) is 0 Å². The van der Waals surface area contributed by atoms with Gasteiger partial charge in [-0.1, -0.05) is 0 Å². The minimum absolute atomic E-state index is 0.209. The molecule has 0 spiro atoms. The van der Waals surface area contributed by atoms with E-state index in [1.807, 2.05) is 0 Å². The first-order chi connectivity index (χ1) is 6.18. The Morgan fingerprint density at radius 3 is 2.62 bits per heavy atom. The van der Waals surface area contributed by atoms with Gasteiger partial charge in [-0.15, -0.1) is 0 Å². The zero-order valence-electron chi connectivity index (χ0n) is 8.68. The van der Waals surface area contributed by atoms with Gasteiger partial charge in [-0.2, -0.15) is 0 Å². The average Bonchev–Trinajstić information content (AvgIpc) is 2.17. The van der Waals surface area contributed by atoms with E-state index in [0.29, 0.717) is 6.54 Å². The van der Waals surface area contributed by atoms with Crippen LogP contribution in [0.5, 0.6) is 0 Å². The molecule has 0 heterocycles. The molecule has 0 bridgehead atoms. The predicted molar refractivity (Wildman–Crippen MR) is 57.1 cm³/mol. The van der Waals surface area contributed by atoms with Crippen LogP contribution in [0, 0.1) is 0 Å². The minimum atomic E-state index is -1.77. The molecule has 0 aliphatic carbocycles. The molecule has 1 unspecified atom stereocenters. The summed E-state index contributed by atoms with van der Waals surface area (Å²) in [6, 6.07) is 0.998. The Balaban J connectivity index is 3.39. The maximum Gasteiger partial charge on any atom is 0.214 e. The fourth-order valence-corrected chi connectivity index (χ4v) is 2.48. The summed E-state index contributed by atoms with van der Waals surface area (Å²) in [5.41, 5.74) is 5.33. The molecule has 0 saturated heterocycles. The lowest BCUT2D eigenvalue weighted by Crippen LogP contribution is -2.39. The van der Waals surface area contributed by atoms with Crippen LogP contribution in [0.1, 0.15) is 6.42 Å². The fraction of sp³-hybridized carbons (Fsp3) is 1.00. The molecule has 4 N–H and O–H groups in total. The topological polar surface area (TPSA) is 67.5 Å². The minimum Gasteiger partial charge on any atom is -0.418 e. The Hall–Kier alpha value is 0.0569. The Bertz CT molecular complexity index is 121. The summed E-state index contributed by atoms with van der Waals surface area (Å²) in [5.74, 6) is 0. The maximum absolute atomic E-state index is 9.08. The molecule has 5 heteroatoms. The zero-order valence-corrected chi connectivity index (χ0v) is 9.68. The first-order valence-electron chi connectivity index (χ1n) is 4.75. The maximum atomic E-state index is 9.08. The number of hydrogen-bond acceptors (Lipinski definition) is 4. The molecule has 0 fully saturated rings.